The van der Waals surface area contributed by atoms with Crippen molar-refractivity contribution in [3.63, 3.8) is 0 Å². The summed E-state index contributed by atoms with van der Waals surface area (Å²) in [6, 6.07) is 20.5. The largest absolute Gasteiger partial charge is 0.484 e. The third-order valence-electron chi connectivity index (χ3n) is 3.72. The summed E-state index contributed by atoms with van der Waals surface area (Å²) in [5, 5.41) is 6.24. The topological polar surface area (TPSA) is 67.4 Å². The third kappa shape index (κ3) is 5.49. The van der Waals surface area contributed by atoms with Crippen LogP contribution in [0.1, 0.15) is 10.4 Å². The summed E-state index contributed by atoms with van der Waals surface area (Å²) in [6.07, 6.45) is 0. The van der Waals surface area contributed by atoms with Gasteiger partial charge >= 0.3 is 0 Å². The molecular formula is C21H16Cl2N2O3. The van der Waals surface area contributed by atoms with E-state index in [-0.39, 0.29) is 18.4 Å². The monoisotopic (exact) mass is 414 g/mol. The molecule has 3 aromatic carbocycles. The Kier molecular flexibility index (Phi) is 6.53. The van der Waals surface area contributed by atoms with Crippen LogP contribution in [0.5, 0.6) is 5.75 Å². The van der Waals surface area contributed by atoms with Gasteiger partial charge in [-0.1, -0.05) is 41.4 Å². The van der Waals surface area contributed by atoms with E-state index in [1.807, 2.05) is 6.07 Å². The van der Waals surface area contributed by atoms with Gasteiger partial charge in [0.2, 0.25) is 0 Å². The first-order valence-electron chi connectivity index (χ1n) is 8.35. The number of anilines is 2. The molecular weight excluding hydrogens is 399 g/mol. The second-order valence-corrected chi connectivity index (χ2v) is 6.62. The number of halogens is 2. The Bertz CT molecular complexity index is 977. The molecule has 0 saturated heterocycles. The Morgan fingerprint density at radius 1 is 0.786 bits per heavy atom. The van der Waals surface area contributed by atoms with E-state index in [1.165, 1.54) is 0 Å². The molecule has 3 aromatic rings. The fourth-order valence-corrected chi connectivity index (χ4v) is 2.65. The molecule has 28 heavy (non-hydrogen) atoms. The zero-order valence-corrected chi connectivity index (χ0v) is 16.1. The molecule has 0 aliphatic rings. The first-order valence-corrected chi connectivity index (χ1v) is 9.11. The standard InChI is InChI=1S/C21H16Cl2N2O3/c22-18-11-8-16(12-19(18)23)24-20(26)13-28-17-9-6-15(7-10-17)25-21(27)14-4-2-1-3-5-14/h1-12H,13H2,(H,24,26)(H,25,27). The predicted molar refractivity (Wildman–Crippen MR) is 111 cm³/mol. The van der Waals surface area contributed by atoms with Crippen molar-refractivity contribution < 1.29 is 14.3 Å². The van der Waals surface area contributed by atoms with Crippen LogP contribution in [0.3, 0.4) is 0 Å². The van der Waals surface area contributed by atoms with Crippen molar-refractivity contribution in [3.05, 3.63) is 88.4 Å². The number of carbonyl (C=O) groups is 2. The summed E-state index contributed by atoms with van der Waals surface area (Å²) in [5.41, 5.74) is 1.73. The zero-order chi connectivity index (χ0) is 19.9. The highest BCUT2D eigenvalue weighted by atomic mass is 35.5. The van der Waals surface area contributed by atoms with E-state index in [4.69, 9.17) is 27.9 Å². The molecule has 0 aliphatic carbocycles. The molecule has 5 nitrogen and oxygen atoms in total. The molecule has 3 rings (SSSR count). The molecule has 0 radical (unpaired) electrons. The summed E-state index contributed by atoms with van der Waals surface area (Å²) >= 11 is 11.8. The molecule has 0 unspecified atom stereocenters. The van der Waals surface area contributed by atoms with E-state index in [2.05, 4.69) is 10.6 Å². The van der Waals surface area contributed by atoms with Gasteiger partial charge < -0.3 is 15.4 Å². The average Bonchev–Trinajstić information content (AvgIpc) is 2.71. The highest BCUT2D eigenvalue weighted by Gasteiger charge is 2.07. The van der Waals surface area contributed by atoms with Crippen LogP contribution < -0.4 is 15.4 Å². The molecule has 2 amide bonds. The highest BCUT2D eigenvalue weighted by Crippen LogP contribution is 2.25. The van der Waals surface area contributed by atoms with Crippen molar-refractivity contribution in [2.24, 2.45) is 0 Å². The Balaban J connectivity index is 1.50. The quantitative estimate of drug-likeness (QED) is 0.577. The molecule has 0 aliphatic heterocycles. The van der Waals surface area contributed by atoms with Crippen LogP contribution in [0.2, 0.25) is 10.0 Å². The van der Waals surface area contributed by atoms with E-state index < -0.39 is 0 Å². The number of hydrogen-bond donors (Lipinski definition) is 2. The normalized spacial score (nSPS) is 10.2. The summed E-state index contributed by atoms with van der Waals surface area (Å²) in [4.78, 5) is 24.1. The Labute approximate surface area is 172 Å². The molecule has 0 atom stereocenters. The fraction of sp³-hybridized carbons (Fsp3) is 0.0476. The van der Waals surface area contributed by atoms with Crippen LogP contribution in [-0.4, -0.2) is 18.4 Å². The van der Waals surface area contributed by atoms with Gasteiger partial charge in [-0.3, -0.25) is 9.59 Å². The minimum absolute atomic E-state index is 0.171. The van der Waals surface area contributed by atoms with Gasteiger partial charge in [-0.05, 0) is 54.6 Å². The zero-order valence-electron chi connectivity index (χ0n) is 14.6. The van der Waals surface area contributed by atoms with Crippen molar-refractivity contribution in [2.45, 2.75) is 0 Å². The summed E-state index contributed by atoms with van der Waals surface area (Å²) in [5.74, 6) is -0.0304. The fourth-order valence-electron chi connectivity index (χ4n) is 2.35. The molecule has 0 bridgehead atoms. The number of amides is 2. The molecule has 7 heteroatoms. The maximum atomic E-state index is 12.1. The molecule has 0 spiro atoms. The van der Waals surface area contributed by atoms with Gasteiger partial charge in [0.25, 0.3) is 11.8 Å². The summed E-state index contributed by atoms with van der Waals surface area (Å²) < 4.78 is 5.45. The second-order valence-electron chi connectivity index (χ2n) is 5.81. The van der Waals surface area contributed by atoms with Crippen LogP contribution in [0.15, 0.2) is 72.8 Å². The minimum Gasteiger partial charge on any atom is -0.484 e. The predicted octanol–water partition coefficient (Wildman–Crippen LogP) is 5.26. The lowest BCUT2D eigenvalue weighted by molar-refractivity contribution is -0.118. The van der Waals surface area contributed by atoms with Crippen LogP contribution in [0.4, 0.5) is 11.4 Å². The van der Waals surface area contributed by atoms with E-state index in [0.717, 1.165) is 0 Å². The van der Waals surface area contributed by atoms with Crippen LogP contribution in [0.25, 0.3) is 0 Å². The van der Waals surface area contributed by atoms with Crippen LogP contribution in [0, 0.1) is 0 Å². The number of hydrogen-bond acceptors (Lipinski definition) is 3. The number of nitrogens with one attached hydrogen (secondary N) is 2. The van der Waals surface area contributed by atoms with E-state index >= 15 is 0 Å². The van der Waals surface area contributed by atoms with Crippen molar-refractivity contribution in [2.75, 3.05) is 17.2 Å². The third-order valence-corrected chi connectivity index (χ3v) is 4.46. The number of carbonyl (C=O) groups excluding carboxylic acids is 2. The van der Waals surface area contributed by atoms with Gasteiger partial charge in [0.1, 0.15) is 5.75 Å². The SMILES string of the molecule is O=C(COc1ccc(NC(=O)c2ccccc2)cc1)Nc1ccc(Cl)c(Cl)c1. The van der Waals surface area contributed by atoms with Gasteiger partial charge in [0, 0.05) is 16.9 Å². The molecule has 0 fully saturated rings. The smallest absolute Gasteiger partial charge is 0.262 e. The molecule has 0 heterocycles. The van der Waals surface area contributed by atoms with E-state index in [9.17, 15) is 9.59 Å². The van der Waals surface area contributed by atoms with Gasteiger partial charge in [-0.2, -0.15) is 0 Å². The number of benzene rings is 3. The summed E-state index contributed by atoms with van der Waals surface area (Å²) in [6.45, 7) is -0.171. The molecule has 2 N–H and O–H groups in total. The van der Waals surface area contributed by atoms with Gasteiger partial charge in [-0.15, -0.1) is 0 Å². The van der Waals surface area contributed by atoms with Crippen molar-refractivity contribution >= 4 is 46.4 Å². The van der Waals surface area contributed by atoms with Gasteiger partial charge in [0.05, 0.1) is 10.0 Å². The van der Waals surface area contributed by atoms with Gasteiger partial charge in [-0.25, -0.2) is 0 Å². The lowest BCUT2D eigenvalue weighted by Crippen LogP contribution is -2.20. The molecule has 142 valence electrons. The Morgan fingerprint density at radius 3 is 2.14 bits per heavy atom. The van der Waals surface area contributed by atoms with Crippen molar-refractivity contribution in [1.29, 1.82) is 0 Å². The van der Waals surface area contributed by atoms with Crippen molar-refractivity contribution in [1.82, 2.24) is 0 Å². The maximum absolute atomic E-state index is 12.1. The van der Waals surface area contributed by atoms with E-state index in [1.54, 1.807) is 66.7 Å². The average molecular weight is 415 g/mol. The number of ether oxygens (including phenoxy) is 1. The Morgan fingerprint density at radius 2 is 1.46 bits per heavy atom. The lowest BCUT2D eigenvalue weighted by atomic mass is 10.2. The number of rotatable bonds is 6. The molecule has 0 aromatic heterocycles. The minimum atomic E-state index is -0.333. The van der Waals surface area contributed by atoms with Crippen molar-refractivity contribution in [3.8, 4) is 5.75 Å². The first-order chi connectivity index (χ1) is 13.5. The van der Waals surface area contributed by atoms with E-state index in [0.29, 0.717) is 32.7 Å². The van der Waals surface area contributed by atoms with Crippen LogP contribution in [-0.2, 0) is 4.79 Å². The lowest BCUT2D eigenvalue weighted by Gasteiger charge is -2.09. The second kappa shape index (κ2) is 9.26. The first kappa shape index (κ1) is 19.7. The van der Waals surface area contributed by atoms with Crippen LogP contribution >= 0.6 is 23.2 Å². The Hall–Kier alpha value is -3.02. The highest BCUT2D eigenvalue weighted by molar-refractivity contribution is 6.42. The summed E-state index contributed by atoms with van der Waals surface area (Å²) in [7, 11) is 0. The maximum Gasteiger partial charge on any atom is 0.262 e. The molecule has 0 saturated carbocycles. The van der Waals surface area contributed by atoms with Gasteiger partial charge in [0.15, 0.2) is 6.61 Å².